The summed E-state index contributed by atoms with van der Waals surface area (Å²) >= 11 is 5.95. The molecule has 0 unspecified atom stereocenters. The summed E-state index contributed by atoms with van der Waals surface area (Å²) in [5, 5.41) is 0.357. The number of halogens is 1. The molecule has 22 heavy (non-hydrogen) atoms. The molecule has 0 saturated heterocycles. The van der Waals surface area contributed by atoms with Crippen molar-refractivity contribution in [3.63, 3.8) is 0 Å². The van der Waals surface area contributed by atoms with Crippen LogP contribution in [0.3, 0.4) is 0 Å². The highest BCUT2D eigenvalue weighted by molar-refractivity contribution is 7.89. The molecule has 0 saturated carbocycles. The maximum absolute atomic E-state index is 12.8. The average molecular weight is 340 g/mol. The minimum Gasteiger partial charge on any atom is -0.492 e. The van der Waals surface area contributed by atoms with Crippen LogP contribution < -0.4 is 4.74 Å². The normalized spacial score (nSPS) is 11.6. The van der Waals surface area contributed by atoms with Gasteiger partial charge in [0.25, 0.3) is 0 Å². The first-order valence-electron chi connectivity index (χ1n) is 6.87. The van der Waals surface area contributed by atoms with Gasteiger partial charge >= 0.3 is 0 Å². The van der Waals surface area contributed by atoms with E-state index in [1.807, 2.05) is 30.3 Å². The lowest BCUT2D eigenvalue weighted by Gasteiger charge is -2.19. The maximum atomic E-state index is 12.8. The Labute approximate surface area is 136 Å². The lowest BCUT2D eigenvalue weighted by molar-refractivity contribution is 0.329. The molecule has 0 bridgehead atoms. The third-order valence-corrected chi connectivity index (χ3v) is 5.20. The maximum Gasteiger partial charge on any atom is 0.246 e. The quantitative estimate of drug-likeness (QED) is 0.808. The number of benzene rings is 2. The van der Waals surface area contributed by atoms with Crippen LogP contribution in [0.1, 0.15) is 12.5 Å². The van der Waals surface area contributed by atoms with E-state index in [4.69, 9.17) is 16.3 Å². The fourth-order valence-electron chi connectivity index (χ4n) is 2.05. The van der Waals surface area contributed by atoms with Crippen LogP contribution in [0.15, 0.2) is 53.4 Å². The molecule has 0 aromatic heterocycles. The molecule has 6 heteroatoms. The van der Waals surface area contributed by atoms with Gasteiger partial charge in [0.15, 0.2) is 0 Å². The molecule has 118 valence electrons. The van der Waals surface area contributed by atoms with Crippen LogP contribution in [-0.2, 0) is 16.6 Å². The Morgan fingerprint density at radius 1 is 1.14 bits per heavy atom. The second kappa shape index (κ2) is 7.13. The zero-order chi connectivity index (χ0) is 16.2. The van der Waals surface area contributed by atoms with Gasteiger partial charge in [0.1, 0.15) is 10.6 Å². The molecule has 0 N–H and O–H groups in total. The van der Waals surface area contributed by atoms with E-state index in [1.54, 1.807) is 26.1 Å². The van der Waals surface area contributed by atoms with E-state index in [0.717, 1.165) is 5.56 Å². The molecule has 2 aromatic carbocycles. The summed E-state index contributed by atoms with van der Waals surface area (Å²) in [5.74, 6) is 0.312. The van der Waals surface area contributed by atoms with Gasteiger partial charge in [-0.05, 0) is 30.7 Å². The molecular weight excluding hydrogens is 322 g/mol. The summed E-state index contributed by atoms with van der Waals surface area (Å²) < 4.78 is 32.2. The van der Waals surface area contributed by atoms with Crippen molar-refractivity contribution in [2.75, 3.05) is 13.7 Å². The number of hydrogen-bond acceptors (Lipinski definition) is 3. The van der Waals surface area contributed by atoms with Gasteiger partial charge in [-0.1, -0.05) is 41.9 Å². The molecule has 2 aromatic rings. The first-order chi connectivity index (χ1) is 10.4. The van der Waals surface area contributed by atoms with Gasteiger partial charge in [0, 0.05) is 18.6 Å². The molecule has 2 rings (SSSR count). The Morgan fingerprint density at radius 2 is 1.82 bits per heavy atom. The highest BCUT2D eigenvalue weighted by atomic mass is 35.5. The van der Waals surface area contributed by atoms with Crippen molar-refractivity contribution in [1.29, 1.82) is 0 Å². The molecule has 0 fully saturated rings. The zero-order valence-corrected chi connectivity index (χ0v) is 14.1. The molecule has 0 aliphatic heterocycles. The highest BCUT2D eigenvalue weighted by Crippen LogP contribution is 2.30. The third-order valence-electron chi connectivity index (χ3n) is 3.14. The van der Waals surface area contributed by atoms with Crippen LogP contribution >= 0.6 is 11.6 Å². The van der Waals surface area contributed by atoms with E-state index in [-0.39, 0.29) is 11.4 Å². The predicted octanol–water partition coefficient (Wildman–Crippen LogP) is 3.56. The van der Waals surface area contributed by atoms with Crippen LogP contribution in [0.5, 0.6) is 5.75 Å². The monoisotopic (exact) mass is 339 g/mol. The van der Waals surface area contributed by atoms with Crippen molar-refractivity contribution < 1.29 is 13.2 Å². The molecule has 0 heterocycles. The van der Waals surface area contributed by atoms with Crippen molar-refractivity contribution in [3.8, 4) is 5.75 Å². The second-order valence-electron chi connectivity index (χ2n) is 4.77. The van der Waals surface area contributed by atoms with Gasteiger partial charge < -0.3 is 4.74 Å². The summed E-state index contributed by atoms with van der Waals surface area (Å²) in [4.78, 5) is 0.0836. The number of rotatable bonds is 6. The Bertz CT molecular complexity index is 732. The van der Waals surface area contributed by atoms with E-state index < -0.39 is 10.0 Å². The number of sulfonamides is 1. The van der Waals surface area contributed by atoms with Crippen molar-refractivity contribution in [2.24, 2.45) is 0 Å². The number of ether oxygens (including phenoxy) is 1. The lowest BCUT2D eigenvalue weighted by Crippen LogP contribution is -2.27. The summed E-state index contributed by atoms with van der Waals surface area (Å²) in [5.41, 5.74) is 0.911. The fourth-order valence-corrected chi connectivity index (χ4v) is 3.60. The first-order valence-corrected chi connectivity index (χ1v) is 8.69. The minimum atomic E-state index is -3.69. The van der Waals surface area contributed by atoms with Crippen LogP contribution in [0.25, 0.3) is 0 Å². The van der Waals surface area contributed by atoms with Gasteiger partial charge in [-0.25, -0.2) is 8.42 Å². The van der Waals surface area contributed by atoms with E-state index in [0.29, 0.717) is 17.4 Å². The summed E-state index contributed by atoms with van der Waals surface area (Å²) in [6.07, 6.45) is 0. The number of hydrogen-bond donors (Lipinski definition) is 0. The van der Waals surface area contributed by atoms with E-state index in [1.165, 1.54) is 10.4 Å². The Morgan fingerprint density at radius 3 is 2.45 bits per heavy atom. The highest BCUT2D eigenvalue weighted by Gasteiger charge is 2.25. The van der Waals surface area contributed by atoms with E-state index in [9.17, 15) is 8.42 Å². The fraction of sp³-hybridized carbons (Fsp3) is 0.250. The van der Waals surface area contributed by atoms with Crippen LogP contribution in [-0.4, -0.2) is 26.4 Å². The predicted molar refractivity (Wildman–Crippen MR) is 87.7 cm³/mol. The second-order valence-corrected chi connectivity index (χ2v) is 7.22. The van der Waals surface area contributed by atoms with Gasteiger partial charge in [-0.2, -0.15) is 4.31 Å². The Kier molecular flexibility index (Phi) is 5.45. The summed E-state index contributed by atoms with van der Waals surface area (Å²) in [6, 6.07) is 14.0. The molecule has 0 aliphatic rings. The van der Waals surface area contributed by atoms with Gasteiger partial charge in [-0.3, -0.25) is 0 Å². The lowest BCUT2D eigenvalue weighted by atomic mass is 10.2. The molecular formula is C16H18ClNO3S. The molecule has 0 radical (unpaired) electrons. The zero-order valence-electron chi connectivity index (χ0n) is 12.5. The summed E-state index contributed by atoms with van der Waals surface area (Å²) in [7, 11) is -2.15. The smallest absolute Gasteiger partial charge is 0.246 e. The number of nitrogens with zero attached hydrogens (tertiary/aromatic N) is 1. The molecule has 0 amide bonds. The molecule has 0 spiro atoms. The summed E-state index contributed by atoms with van der Waals surface area (Å²) in [6.45, 7) is 2.46. The SMILES string of the molecule is CCOc1ccc(Cl)cc1S(=O)(=O)N(C)Cc1ccccc1. The van der Waals surface area contributed by atoms with Gasteiger partial charge in [-0.15, -0.1) is 0 Å². The topological polar surface area (TPSA) is 46.6 Å². The van der Waals surface area contributed by atoms with E-state index >= 15 is 0 Å². The molecule has 0 aliphatic carbocycles. The van der Waals surface area contributed by atoms with Crippen molar-refractivity contribution in [2.45, 2.75) is 18.4 Å². The van der Waals surface area contributed by atoms with Crippen molar-refractivity contribution >= 4 is 21.6 Å². The first kappa shape index (κ1) is 16.8. The van der Waals surface area contributed by atoms with Crippen LogP contribution in [0.4, 0.5) is 0 Å². The minimum absolute atomic E-state index is 0.0836. The van der Waals surface area contributed by atoms with Crippen molar-refractivity contribution in [3.05, 3.63) is 59.1 Å². The van der Waals surface area contributed by atoms with Gasteiger partial charge in [0.2, 0.25) is 10.0 Å². The van der Waals surface area contributed by atoms with E-state index in [2.05, 4.69) is 0 Å². The standard InChI is InChI=1S/C16H18ClNO3S/c1-3-21-15-10-9-14(17)11-16(15)22(19,20)18(2)12-13-7-5-4-6-8-13/h4-11H,3,12H2,1-2H3. The molecule has 4 nitrogen and oxygen atoms in total. The van der Waals surface area contributed by atoms with Crippen LogP contribution in [0, 0.1) is 0 Å². The Hall–Kier alpha value is -1.56. The third kappa shape index (κ3) is 3.80. The average Bonchev–Trinajstić information content (AvgIpc) is 2.50. The van der Waals surface area contributed by atoms with Crippen LogP contribution in [0.2, 0.25) is 5.02 Å². The Balaban J connectivity index is 2.35. The largest absolute Gasteiger partial charge is 0.492 e. The van der Waals surface area contributed by atoms with Gasteiger partial charge in [0.05, 0.1) is 6.61 Å². The van der Waals surface area contributed by atoms with Crippen molar-refractivity contribution in [1.82, 2.24) is 4.31 Å². The molecule has 0 atom stereocenters.